The fourth-order valence-electron chi connectivity index (χ4n) is 1.50. The van der Waals surface area contributed by atoms with Crippen LogP contribution in [0.25, 0.3) is 6.08 Å². The first-order valence-electron chi connectivity index (χ1n) is 5.02. The number of amides is 1. The molecule has 17 heavy (non-hydrogen) atoms. The molecule has 0 aromatic heterocycles. The molecule has 1 aromatic carbocycles. The van der Waals surface area contributed by atoms with Crippen molar-refractivity contribution in [3.8, 4) is 0 Å². The Hall–Kier alpha value is -1.62. The highest BCUT2D eigenvalue weighted by molar-refractivity contribution is 8.18. The van der Waals surface area contributed by atoms with Gasteiger partial charge in [-0.3, -0.25) is 14.7 Å². The van der Waals surface area contributed by atoms with Gasteiger partial charge in [0.25, 0.3) is 5.91 Å². The summed E-state index contributed by atoms with van der Waals surface area (Å²) in [6, 6.07) is 6.13. The molecule has 0 N–H and O–H groups in total. The first kappa shape index (κ1) is 11.9. The number of hydrogen-bond donors (Lipinski definition) is 0. The van der Waals surface area contributed by atoms with E-state index in [9.17, 15) is 9.18 Å². The van der Waals surface area contributed by atoms with Gasteiger partial charge in [-0.2, -0.15) is 0 Å². The van der Waals surface area contributed by atoms with Crippen LogP contribution in [0.5, 0.6) is 0 Å². The molecule has 2 rings (SSSR count). The van der Waals surface area contributed by atoms with Crippen LogP contribution in [-0.2, 0) is 4.79 Å². The number of rotatable bonds is 1. The molecular weight excluding hydrogens is 239 g/mol. The number of amidine groups is 1. The molecule has 1 aromatic rings. The molecule has 0 bridgehead atoms. The summed E-state index contributed by atoms with van der Waals surface area (Å²) in [5, 5.41) is 0.651. The zero-order valence-corrected chi connectivity index (χ0v) is 10.3. The van der Waals surface area contributed by atoms with Gasteiger partial charge in [-0.1, -0.05) is 12.1 Å². The fourth-order valence-corrected chi connectivity index (χ4v) is 2.42. The lowest BCUT2D eigenvalue weighted by molar-refractivity contribution is -0.121. The van der Waals surface area contributed by atoms with Gasteiger partial charge in [-0.15, -0.1) is 0 Å². The first-order chi connectivity index (χ1) is 8.11. The van der Waals surface area contributed by atoms with Gasteiger partial charge in [0.15, 0.2) is 5.17 Å². The molecule has 0 radical (unpaired) electrons. The van der Waals surface area contributed by atoms with Crippen LogP contribution in [0, 0.1) is 5.82 Å². The van der Waals surface area contributed by atoms with E-state index in [1.165, 1.54) is 28.8 Å². The molecule has 1 heterocycles. The zero-order chi connectivity index (χ0) is 12.4. The molecule has 0 spiro atoms. The second kappa shape index (κ2) is 4.71. The highest BCUT2D eigenvalue weighted by Gasteiger charge is 2.29. The molecule has 1 aliphatic heterocycles. The van der Waals surface area contributed by atoms with Crippen molar-refractivity contribution in [2.45, 2.75) is 0 Å². The fraction of sp³-hybridized carbons (Fsp3) is 0.167. The maximum atomic E-state index is 13.0. The molecule has 1 fully saturated rings. The lowest BCUT2D eigenvalue weighted by Crippen LogP contribution is -2.23. The molecule has 0 aliphatic carbocycles. The Balaban J connectivity index is 2.33. The van der Waals surface area contributed by atoms with E-state index in [-0.39, 0.29) is 11.7 Å². The van der Waals surface area contributed by atoms with Crippen molar-refractivity contribution in [1.82, 2.24) is 4.90 Å². The molecular formula is C12H11FN2OS. The van der Waals surface area contributed by atoms with E-state index in [0.717, 1.165) is 0 Å². The summed E-state index contributed by atoms with van der Waals surface area (Å²) in [6.07, 6.45) is 1.67. The van der Waals surface area contributed by atoms with Crippen LogP contribution in [0.2, 0.25) is 0 Å². The van der Waals surface area contributed by atoms with Crippen molar-refractivity contribution in [3.05, 3.63) is 40.6 Å². The Labute approximate surface area is 103 Å². The van der Waals surface area contributed by atoms with Crippen molar-refractivity contribution in [1.29, 1.82) is 0 Å². The number of aliphatic imine (C=N–C) groups is 1. The van der Waals surface area contributed by atoms with Crippen LogP contribution >= 0.6 is 11.8 Å². The topological polar surface area (TPSA) is 32.7 Å². The molecule has 1 aliphatic rings. The van der Waals surface area contributed by atoms with Crippen LogP contribution < -0.4 is 0 Å². The van der Waals surface area contributed by atoms with E-state index in [1.54, 1.807) is 32.3 Å². The number of nitrogens with zero attached hydrogens (tertiary/aromatic N) is 2. The number of carbonyl (C=O) groups excluding carboxylic acids is 1. The van der Waals surface area contributed by atoms with Gasteiger partial charge in [0.05, 0.1) is 4.91 Å². The van der Waals surface area contributed by atoms with Crippen LogP contribution in [-0.4, -0.2) is 30.1 Å². The van der Waals surface area contributed by atoms with Gasteiger partial charge in [0.1, 0.15) is 5.82 Å². The summed E-state index contributed by atoms with van der Waals surface area (Å²) in [6.45, 7) is 0. The Morgan fingerprint density at radius 2 is 2.24 bits per heavy atom. The lowest BCUT2D eigenvalue weighted by atomic mass is 10.2. The van der Waals surface area contributed by atoms with Crippen molar-refractivity contribution in [3.63, 3.8) is 0 Å². The van der Waals surface area contributed by atoms with Crippen molar-refractivity contribution in [2.75, 3.05) is 14.1 Å². The van der Waals surface area contributed by atoms with E-state index in [1.807, 2.05) is 0 Å². The Morgan fingerprint density at radius 3 is 2.82 bits per heavy atom. The van der Waals surface area contributed by atoms with E-state index in [2.05, 4.69) is 4.99 Å². The molecule has 0 saturated carbocycles. The largest absolute Gasteiger partial charge is 0.290 e. The normalized spacial score (nSPS) is 20.6. The smallest absolute Gasteiger partial charge is 0.266 e. The average molecular weight is 250 g/mol. The van der Waals surface area contributed by atoms with Crippen molar-refractivity contribution in [2.24, 2.45) is 4.99 Å². The molecule has 3 nitrogen and oxygen atoms in total. The predicted molar refractivity (Wildman–Crippen MR) is 68.1 cm³/mol. The molecule has 0 unspecified atom stereocenters. The minimum Gasteiger partial charge on any atom is -0.290 e. The first-order valence-corrected chi connectivity index (χ1v) is 5.83. The number of halogens is 1. The van der Waals surface area contributed by atoms with Crippen LogP contribution in [0.1, 0.15) is 5.56 Å². The maximum Gasteiger partial charge on any atom is 0.266 e. The third kappa shape index (κ3) is 2.39. The number of benzene rings is 1. The summed E-state index contributed by atoms with van der Waals surface area (Å²) in [7, 11) is 3.31. The number of hydrogen-bond acceptors (Lipinski definition) is 3. The molecule has 5 heteroatoms. The predicted octanol–water partition coefficient (Wildman–Crippen LogP) is 2.36. The van der Waals surface area contributed by atoms with Gasteiger partial charge in [-0.05, 0) is 35.5 Å². The van der Waals surface area contributed by atoms with Crippen LogP contribution in [0.4, 0.5) is 4.39 Å². The van der Waals surface area contributed by atoms with Crippen LogP contribution in [0.15, 0.2) is 34.2 Å². The van der Waals surface area contributed by atoms with Gasteiger partial charge < -0.3 is 0 Å². The van der Waals surface area contributed by atoms with Gasteiger partial charge in [0, 0.05) is 14.1 Å². The van der Waals surface area contributed by atoms with Crippen molar-refractivity contribution < 1.29 is 9.18 Å². The molecule has 0 atom stereocenters. The number of thioether (sulfide) groups is 1. The standard InChI is InChI=1S/C12H11FN2OS/c1-14-12-15(2)11(16)10(17-12)7-8-4-3-5-9(13)6-8/h3-7H,1-2H3. The highest BCUT2D eigenvalue weighted by Crippen LogP contribution is 2.31. The third-order valence-electron chi connectivity index (χ3n) is 2.34. The second-order valence-electron chi connectivity index (χ2n) is 3.54. The van der Waals surface area contributed by atoms with Gasteiger partial charge in [-0.25, -0.2) is 4.39 Å². The SMILES string of the molecule is CN=C1SC(=Cc2cccc(F)c2)C(=O)N1C. The minimum atomic E-state index is -0.312. The summed E-state index contributed by atoms with van der Waals surface area (Å²) >= 11 is 1.29. The number of likely N-dealkylation sites (N-methyl/N-ethyl adjacent to an activating group) is 1. The minimum absolute atomic E-state index is 0.111. The monoisotopic (exact) mass is 250 g/mol. The average Bonchev–Trinajstić information content (AvgIpc) is 2.57. The van der Waals surface area contributed by atoms with Gasteiger partial charge >= 0.3 is 0 Å². The summed E-state index contributed by atoms with van der Waals surface area (Å²) in [5.74, 6) is -0.424. The van der Waals surface area contributed by atoms with Gasteiger partial charge in [0.2, 0.25) is 0 Å². The summed E-state index contributed by atoms with van der Waals surface area (Å²) in [5.41, 5.74) is 0.673. The van der Waals surface area contributed by atoms with Crippen molar-refractivity contribution >= 4 is 28.9 Å². The number of carbonyl (C=O) groups is 1. The Morgan fingerprint density at radius 1 is 1.47 bits per heavy atom. The molecule has 88 valence electrons. The van der Waals surface area contributed by atoms with E-state index in [0.29, 0.717) is 15.6 Å². The maximum absolute atomic E-state index is 13.0. The quantitative estimate of drug-likeness (QED) is 0.717. The Kier molecular flexibility index (Phi) is 3.28. The van der Waals surface area contributed by atoms with E-state index >= 15 is 0 Å². The Bertz CT molecular complexity index is 525. The summed E-state index contributed by atoms with van der Waals surface area (Å²) < 4.78 is 13.0. The summed E-state index contributed by atoms with van der Waals surface area (Å²) in [4.78, 5) is 17.9. The zero-order valence-electron chi connectivity index (χ0n) is 9.48. The molecule has 1 amide bonds. The molecule has 1 saturated heterocycles. The second-order valence-corrected chi connectivity index (χ2v) is 4.55. The third-order valence-corrected chi connectivity index (χ3v) is 3.49. The van der Waals surface area contributed by atoms with E-state index < -0.39 is 0 Å². The lowest BCUT2D eigenvalue weighted by Gasteiger charge is -2.04. The van der Waals surface area contributed by atoms with E-state index in [4.69, 9.17) is 0 Å². The highest BCUT2D eigenvalue weighted by atomic mass is 32.2. The van der Waals surface area contributed by atoms with Crippen LogP contribution in [0.3, 0.4) is 0 Å².